The summed E-state index contributed by atoms with van der Waals surface area (Å²) in [7, 11) is 0. The average Bonchev–Trinajstić information content (AvgIpc) is 2.26. The number of phenolic OH excluding ortho intramolecular Hbond substituents is 2. The molecule has 1 aromatic rings. The van der Waals surface area contributed by atoms with Crippen LogP contribution in [0.4, 0.5) is 0 Å². The molecule has 0 spiro atoms. The Kier molecular flexibility index (Phi) is 4.78. The number of aliphatic hydroxyl groups excluding tert-OH is 1. The molecule has 0 radical (unpaired) electrons. The Labute approximate surface area is 102 Å². The molecule has 0 aliphatic rings. The third kappa shape index (κ3) is 3.91. The van der Waals surface area contributed by atoms with Crippen molar-refractivity contribution >= 4 is 0 Å². The molecule has 4 N–H and O–H groups in total. The van der Waals surface area contributed by atoms with Crippen LogP contribution < -0.4 is 5.32 Å². The Hall–Kier alpha value is -1.26. The number of nitrogens with one attached hydrogen (secondary N) is 1. The highest BCUT2D eigenvalue weighted by molar-refractivity contribution is 5.37. The van der Waals surface area contributed by atoms with Crippen molar-refractivity contribution < 1.29 is 15.3 Å². The minimum atomic E-state index is -0.00278. The molecular formula is C13H21NO3. The fourth-order valence-corrected chi connectivity index (χ4v) is 1.68. The maximum absolute atomic E-state index is 9.40. The number of hydrogen-bond acceptors (Lipinski definition) is 4. The highest BCUT2D eigenvalue weighted by atomic mass is 16.3. The second kappa shape index (κ2) is 5.89. The molecule has 0 heterocycles. The molecule has 0 amide bonds. The predicted octanol–water partition coefficient (Wildman–Crippen LogP) is 1.77. The van der Waals surface area contributed by atoms with Crippen molar-refractivity contribution in [3.05, 3.63) is 23.8 Å². The summed E-state index contributed by atoms with van der Waals surface area (Å²) in [6.07, 6.45) is 0. The lowest BCUT2D eigenvalue weighted by Crippen LogP contribution is -2.35. The van der Waals surface area contributed by atoms with Crippen LogP contribution in [0.2, 0.25) is 0 Å². The van der Waals surface area contributed by atoms with Crippen LogP contribution >= 0.6 is 0 Å². The van der Waals surface area contributed by atoms with Crippen LogP contribution in [0.1, 0.15) is 32.4 Å². The fraction of sp³-hybridized carbons (Fsp3) is 0.538. The maximum Gasteiger partial charge on any atom is 0.119 e. The van der Waals surface area contributed by atoms with Gasteiger partial charge in [-0.25, -0.2) is 0 Å². The number of hydrogen-bond donors (Lipinski definition) is 4. The Bertz CT molecular complexity index is 347. The van der Waals surface area contributed by atoms with Gasteiger partial charge >= 0.3 is 0 Å². The monoisotopic (exact) mass is 239 g/mol. The molecule has 0 aliphatic carbocycles. The van der Waals surface area contributed by atoms with E-state index in [9.17, 15) is 10.2 Å². The smallest absolute Gasteiger partial charge is 0.119 e. The number of benzene rings is 1. The summed E-state index contributed by atoms with van der Waals surface area (Å²) in [5, 5.41) is 31.2. The molecule has 0 aliphatic heterocycles. The van der Waals surface area contributed by atoms with Crippen molar-refractivity contribution in [3.8, 4) is 11.5 Å². The zero-order chi connectivity index (χ0) is 13.0. The quantitative estimate of drug-likeness (QED) is 0.632. The van der Waals surface area contributed by atoms with Gasteiger partial charge < -0.3 is 20.6 Å². The minimum Gasteiger partial charge on any atom is -0.508 e. The molecule has 1 rings (SSSR count). The van der Waals surface area contributed by atoms with Gasteiger partial charge in [0.1, 0.15) is 11.5 Å². The molecule has 3 unspecified atom stereocenters. The van der Waals surface area contributed by atoms with E-state index >= 15 is 0 Å². The number of phenols is 2. The fourth-order valence-electron chi connectivity index (χ4n) is 1.68. The van der Waals surface area contributed by atoms with E-state index in [0.29, 0.717) is 0 Å². The third-order valence-electron chi connectivity index (χ3n) is 3.08. The topological polar surface area (TPSA) is 72.7 Å². The van der Waals surface area contributed by atoms with Crippen LogP contribution in [-0.4, -0.2) is 28.0 Å². The highest BCUT2D eigenvalue weighted by Gasteiger charge is 2.15. The van der Waals surface area contributed by atoms with Crippen molar-refractivity contribution in [1.29, 1.82) is 0 Å². The van der Waals surface area contributed by atoms with E-state index in [-0.39, 0.29) is 36.1 Å². The first-order valence-electron chi connectivity index (χ1n) is 5.84. The zero-order valence-electron chi connectivity index (χ0n) is 10.5. The summed E-state index contributed by atoms with van der Waals surface area (Å²) in [6, 6.07) is 4.69. The summed E-state index contributed by atoms with van der Waals surface area (Å²) in [4.78, 5) is 0. The third-order valence-corrected chi connectivity index (χ3v) is 3.08. The lowest BCUT2D eigenvalue weighted by atomic mass is 10.0. The van der Waals surface area contributed by atoms with Crippen molar-refractivity contribution in [2.45, 2.75) is 32.9 Å². The molecule has 96 valence electrons. The van der Waals surface area contributed by atoms with E-state index in [4.69, 9.17) is 5.11 Å². The first kappa shape index (κ1) is 13.8. The van der Waals surface area contributed by atoms with Gasteiger partial charge in [-0.1, -0.05) is 6.92 Å². The number of aliphatic hydroxyl groups is 1. The van der Waals surface area contributed by atoms with Crippen molar-refractivity contribution in [3.63, 3.8) is 0 Å². The normalized spacial score (nSPS) is 16.5. The Morgan fingerprint density at radius 2 is 1.59 bits per heavy atom. The van der Waals surface area contributed by atoms with Crippen molar-refractivity contribution in [1.82, 2.24) is 5.32 Å². The summed E-state index contributed by atoms with van der Waals surface area (Å²) in [5.74, 6) is 0.261. The number of rotatable bonds is 5. The van der Waals surface area contributed by atoms with Gasteiger partial charge in [-0.3, -0.25) is 0 Å². The van der Waals surface area contributed by atoms with Gasteiger partial charge in [0, 0.05) is 24.8 Å². The van der Waals surface area contributed by atoms with Gasteiger partial charge in [0.25, 0.3) is 0 Å². The summed E-state index contributed by atoms with van der Waals surface area (Å²) in [6.45, 7) is 6.05. The van der Waals surface area contributed by atoms with Crippen LogP contribution in [0.15, 0.2) is 18.2 Å². The summed E-state index contributed by atoms with van der Waals surface area (Å²) >= 11 is 0. The largest absolute Gasteiger partial charge is 0.508 e. The minimum absolute atomic E-state index is 0.00278. The van der Waals surface area contributed by atoms with Crippen LogP contribution in [0.5, 0.6) is 11.5 Å². The van der Waals surface area contributed by atoms with Gasteiger partial charge in [-0.05, 0) is 37.5 Å². The van der Waals surface area contributed by atoms with Crippen LogP contribution in [0.25, 0.3) is 0 Å². The van der Waals surface area contributed by atoms with Gasteiger partial charge in [0.2, 0.25) is 0 Å². The molecule has 3 atom stereocenters. The van der Waals surface area contributed by atoms with Gasteiger partial charge in [0.15, 0.2) is 0 Å². The summed E-state index contributed by atoms with van der Waals surface area (Å²) in [5.41, 5.74) is 0.819. The molecule has 1 aromatic carbocycles. The van der Waals surface area contributed by atoms with Crippen LogP contribution in [0, 0.1) is 5.92 Å². The van der Waals surface area contributed by atoms with Crippen LogP contribution in [0.3, 0.4) is 0 Å². The molecule has 0 fully saturated rings. The van der Waals surface area contributed by atoms with Gasteiger partial charge in [0.05, 0.1) is 0 Å². The predicted molar refractivity (Wildman–Crippen MR) is 67.0 cm³/mol. The Morgan fingerprint density at radius 3 is 2.06 bits per heavy atom. The zero-order valence-corrected chi connectivity index (χ0v) is 10.5. The second-order valence-corrected chi connectivity index (χ2v) is 4.62. The molecular weight excluding hydrogens is 218 g/mol. The lowest BCUT2D eigenvalue weighted by molar-refractivity contribution is 0.202. The maximum atomic E-state index is 9.40. The van der Waals surface area contributed by atoms with Crippen LogP contribution in [-0.2, 0) is 0 Å². The molecule has 4 nitrogen and oxygen atoms in total. The standard InChI is InChI=1S/C13H21NO3/c1-8(7-15)9(2)14-10(3)11-4-12(16)6-13(17)5-11/h4-6,8-10,14-17H,7H2,1-3H3. The van der Waals surface area contributed by atoms with Gasteiger partial charge in [-0.15, -0.1) is 0 Å². The highest BCUT2D eigenvalue weighted by Crippen LogP contribution is 2.25. The van der Waals surface area contributed by atoms with E-state index in [0.717, 1.165) is 5.56 Å². The van der Waals surface area contributed by atoms with E-state index < -0.39 is 0 Å². The van der Waals surface area contributed by atoms with E-state index in [1.165, 1.54) is 6.07 Å². The average molecular weight is 239 g/mol. The second-order valence-electron chi connectivity index (χ2n) is 4.62. The molecule has 0 bridgehead atoms. The lowest BCUT2D eigenvalue weighted by Gasteiger charge is -2.24. The SMILES string of the molecule is CC(NC(C)C(C)CO)c1cc(O)cc(O)c1. The molecule has 4 heteroatoms. The first-order chi connectivity index (χ1) is 7.93. The molecule has 17 heavy (non-hydrogen) atoms. The molecule has 0 saturated heterocycles. The van der Waals surface area contributed by atoms with E-state index in [1.807, 2.05) is 20.8 Å². The van der Waals surface area contributed by atoms with E-state index in [2.05, 4.69) is 5.32 Å². The van der Waals surface area contributed by atoms with Gasteiger partial charge in [-0.2, -0.15) is 0 Å². The Balaban J connectivity index is 2.72. The van der Waals surface area contributed by atoms with Crippen molar-refractivity contribution in [2.75, 3.05) is 6.61 Å². The molecule has 0 saturated carbocycles. The van der Waals surface area contributed by atoms with Crippen molar-refractivity contribution in [2.24, 2.45) is 5.92 Å². The molecule has 0 aromatic heterocycles. The van der Waals surface area contributed by atoms with E-state index in [1.54, 1.807) is 12.1 Å². The Morgan fingerprint density at radius 1 is 1.06 bits per heavy atom. The summed E-state index contributed by atoms with van der Waals surface area (Å²) < 4.78 is 0. The number of aromatic hydroxyl groups is 2. The first-order valence-corrected chi connectivity index (χ1v) is 5.84.